The molecule has 0 radical (unpaired) electrons. The van der Waals surface area contributed by atoms with Gasteiger partial charge in [-0.15, -0.1) is 0 Å². The Bertz CT molecular complexity index is 5570. The van der Waals surface area contributed by atoms with Crippen molar-refractivity contribution in [1.29, 1.82) is 0 Å². The lowest BCUT2D eigenvalue weighted by Gasteiger charge is -2.35. The number of rotatable bonds is 74. The first kappa shape index (κ1) is 119. The van der Waals surface area contributed by atoms with Gasteiger partial charge in [0.2, 0.25) is 58.5 Å². The van der Waals surface area contributed by atoms with Gasteiger partial charge in [-0.25, -0.2) is 29.1 Å². The first-order valence-corrected chi connectivity index (χ1v) is 55.0. The summed E-state index contributed by atoms with van der Waals surface area (Å²) >= 11 is 0. The molecule has 8 amide bonds. The van der Waals surface area contributed by atoms with Gasteiger partial charge in [-0.2, -0.15) is 0 Å². The van der Waals surface area contributed by atoms with Crippen LogP contribution >= 0.6 is 43.2 Å². The number of carbonyl (C=O) groups is 13. The molecule has 43 nitrogen and oxygen atoms in total. The Kier molecular flexibility index (Phi) is 51.4. The molecule has 3 unspecified atom stereocenters. The second-order valence-corrected chi connectivity index (χ2v) is 40.4. The topological polar surface area (TPSA) is 550 Å². The third kappa shape index (κ3) is 36.7. The van der Waals surface area contributed by atoms with Gasteiger partial charge in [-0.05, 0) is 94.2 Å². The van der Waals surface area contributed by atoms with Crippen LogP contribution in [0, 0.1) is 5.92 Å². The van der Waals surface area contributed by atoms with Gasteiger partial charge in [0.15, 0.2) is 5.78 Å². The van der Waals surface area contributed by atoms with Crippen LogP contribution in [0.3, 0.4) is 0 Å². The molecule has 4 aromatic heterocycles. The fourth-order valence-electron chi connectivity index (χ4n) is 16.8. The highest BCUT2D eigenvalue weighted by Crippen LogP contribution is 2.44. The number of ketones is 1. The Morgan fingerprint density at radius 1 is 0.432 bits per heavy atom. The molecule has 4 aliphatic heterocycles. The Balaban J connectivity index is 0.749. The largest absolute Gasteiger partial charge is 0.509 e. The normalized spacial score (nSPS) is 15.6. The molecule has 148 heavy (non-hydrogen) atoms. The van der Waals surface area contributed by atoms with E-state index in [9.17, 15) is 67.1 Å². The van der Waals surface area contributed by atoms with E-state index in [0.29, 0.717) is 165 Å². The van der Waals surface area contributed by atoms with Crippen LogP contribution in [0.15, 0.2) is 82.4 Å². The van der Waals surface area contributed by atoms with Gasteiger partial charge >= 0.3 is 24.2 Å². The SMILES string of the molecule is CC[C@]1(OC(=O)OCCSSC[C@@H](NC(C)=O)C(=O)NC(CCCCNC(=O)[C@@H](CSSCCOC(=O)O[C@]2(CC)C(=O)OCc3c2cc2n(c3=O)Cc3cc4ccccc4nc3-2)NC(C)=O)C(=O)CC(CCCCNC(=O)CCOCCOCCOCCOCCOC)C(=O)NC(CCCCCCNC(=O)CCOCCOCCOCCOCCOC)C(N)=O)C(=O)OCc2c1cc1n(c2=O)Cc2cc3ccccc3nc2-1. The van der Waals surface area contributed by atoms with E-state index in [-0.39, 0.29) is 200 Å². The summed E-state index contributed by atoms with van der Waals surface area (Å²) in [6, 6.07) is 17.3. The predicted molar refractivity (Wildman–Crippen MR) is 550 cm³/mol. The van der Waals surface area contributed by atoms with Crippen molar-refractivity contribution < 1.29 is 138 Å². The van der Waals surface area contributed by atoms with E-state index in [1.54, 1.807) is 49.3 Å². The van der Waals surface area contributed by atoms with Crippen molar-refractivity contribution in [3.8, 4) is 22.8 Å². The third-order valence-electron chi connectivity index (χ3n) is 24.6. The van der Waals surface area contributed by atoms with Crippen LogP contribution < -0.4 is 54.1 Å². The number of amides is 8. The fourth-order valence-corrected chi connectivity index (χ4v) is 20.8. The number of hydrogen-bond donors (Lipinski definition) is 8. The number of methoxy groups -OCH3 is 2. The maximum absolute atomic E-state index is 15.2. The van der Waals surface area contributed by atoms with Crippen molar-refractivity contribution in [1.82, 2.24) is 56.3 Å². The van der Waals surface area contributed by atoms with Crippen LogP contribution in [0.1, 0.15) is 164 Å². The molecular weight excluding hydrogens is 2010 g/mol. The molecule has 0 bridgehead atoms. The van der Waals surface area contributed by atoms with Crippen molar-refractivity contribution in [3.05, 3.63) is 127 Å². The minimum atomic E-state index is -2.07. The summed E-state index contributed by atoms with van der Waals surface area (Å²) in [5.41, 5.74) is 6.56. The standard InChI is InChI=1S/C101H138N12O31S4/c1-7-100(75-58-83-88-71(55-68-21-12-14-24-77(68)108-88)60-112(83)94(123)73(75)62-141-96(100)125)143-98(127)139-51-53-145-147-64-81(106-66(3)114)92(121)105-32-20-17-26-79(110-93(122)82(107-67(4)115)65-148-146-54-52-140-99(128)144-101(8-2)76-59-84-89-72(56-69-22-13-15-25-78(69)109-89)61-113(84)95(124)74(76)63-142-97(101)126)85(116)57-70(23-16-19-31-104-87(118)29-34-132-40-42-136-48-50-138-46-44-134-38-36-130-6)91(120)111-80(90(102)119)27-11-9-10-18-30-103-86(117)28-33-131-39-41-135-47-49-137-45-43-133-37-35-129-5/h12-15,21-22,24-25,55-56,58-59,70,79-82H,7-11,16-20,23,26-54,57,60-65H2,1-6H3,(H2,102,119)(H,103,117)(H,104,118)(H,105,121)(H,106,114)(H,107,115)(H,110,122)(H,111,120)/t70?,79?,80?,81-,82-,100+,101-/m1/s1. The smallest absolute Gasteiger partial charge is 0.457 e. The van der Waals surface area contributed by atoms with E-state index in [1.165, 1.54) is 35.4 Å². The van der Waals surface area contributed by atoms with Crippen molar-refractivity contribution in [2.24, 2.45) is 11.7 Å². The second-order valence-electron chi connectivity index (χ2n) is 35.1. The van der Waals surface area contributed by atoms with E-state index in [0.717, 1.165) is 43.5 Å². The number of esters is 2. The number of Topliss-reactive ketones (excluding diaryl/α,β-unsaturated/α-hetero) is 1. The number of aromatic nitrogens is 4. The van der Waals surface area contributed by atoms with Crippen LogP contribution in [-0.4, -0.2) is 310 Å². The molecule has 7 atom stereocenters. The monoisotopic (exact) mass is 2140 g/mol. The number of nitrogens with one attached hydrogen (secondary N) is 7. The van der Waals surface area contributed by atoms with Crippen LogP contribution in [0.2, 0.25) is 0 Å². The molecule has 0 saturated heterocycles. The molecule has 4 aliphatic rings. The van der Waals surface area contributed by atoms with E-state index in [4.69, 9.17) is 91.5 Å². The predicted octanol–water partition coefficient (Wildman–Crippen LogP) is 7.14. The number of cyclic esters (lactones) is 2. The molecule has 9 N–H and O–H groups in total. The average Bonchev–Trinajstić information content (AvgIpc) is 1.54. The van der Waals surface area contributed by atoms with Gasteiger partial charge in [0.25, 0.3) is 11.1 Å². The van der Waals surface area contributed by atoms with E-state index < -0.39 is 124 Å². The molecule has 2 aromatic carbocycles. The quantitative estimate of drug-likeness (QED) is 0.00812. The van der Waals surface area contributed by atoms with Gasteiger partial charge in [0, 0.05) is 129 Å². The van der Waals surface area contributed by atoms with Crippen molar-refractivity contribution >= 4 is 142 Å². The second kappa shape index (κ2) is 63.9. The van der Waals surface area contributed by atoms with Gasteiger partial charge < -0.3 is 128 Å². The van der Waals surface area contributed by atoms with Gasteiger partial charge in [-0.1, -0.05) is 119 Å². The number of para-hydroxylation sites is 2. The van der Waals surface area contributed by atoms with Crippen LogP contribution in [0.25, 0.3) is 44.6 Å². The molecule has 0 spiro atoms. The molecule has 47 heteroatoms. The van der Waals surface area contributed by atoms with E-state index in [2.05, 4.69) is 37.2 Å². The van der Waals surface area contributed by atoms with Crippen molar-refractivity contribution in [2.75, 3.05) is 189 Å². The summed E-state index contributed by atoms with van der Waals surface area (Å²) in [6.07, 6.45) is 0.265. The van der Waals surface area contributed by atoms with E-state index >= 15 is 4.79 Å². The molecule has 812 valence electrons. The number of fused-ring (bicyclic) bond motifs is 10. The lowest BCUT2D eigenvalue weighted by Crippen LogP contribution is -2.53. The summed E-state index contributed by atoms with van der Waals surface area (Å²) in [5, 5.41) is 21.2. The lowest BCUT2D eigenvalue weighted by atomic mass is 9.85. The Labute approximate surface area is 874 Å². The maximum Gasteiger partial charge on any atom is 0.509 e. The highest BCUT2D eigenvalue weighted by Gasteiger charge is 2.53. The zero-order valence-electron chi connectivity index (χ0n) is 84.7. The minimum Gasteiger partial charge on any atom is -0.457 e. The van der Waals surface area contributed by atoms with Gasteiger partial charge in [0.1, 0.15) is 44.6 Å². The number of nitrogens with zero attached hydrogens (tertiary/aromatic N) is 4. The van der Waals surface area contributed by atoms with Gasteiger partial charge in [0.05, 0.1) is 183 Å². The minimum absolute atomic E-state index is 0.00941. The number of ether oxygens (including phenoxy) is 16. The number of carbonyl (C=O) groups excluding carboxylic acids is 13. The highest BCUT2D eigenvalue weighted by molar-refractivity contribution is 8.77. The molecule has 6 aromatic rings. The Morgan fingerprint density at radius 3 is 1.25 bits per heavy atom. The van der Waals surface area contributed by atoms with Crippen molar-refractivity contribution in [2.45, 2.75) is 192 Å². The molecule has 0 fully saturated rings. The molecular formula is C101H138N12O31S4. The summed E-state index contributed by atoms with van der Waals surface area (Å²) < 4.78 is 90.6. The molecule has 0 aliphatic carbocycles. The average molecular weight is 2140 g/mol. The maximum atomic E-state index is 15.2. The van der Waals surface area contributed by atoms with Gasteiger partial charge in [-0.3, -0.25) is 52.7 Å². The number of unbranched alkanes of at least 4 members (excludes halogenated alkanes) is 5. The van der Waals surface area contributed by atoms with Crippen LogP contribution in [0.5, 0.6) is 0 Å². The van der Waals surface area contributed by atoms with Crippen LogP contribution in [-0.2, 0) is 166 Å². The summed E-state index contributed by atoms with van der Waals surface area (Å²) in [4.78, 5) is 216. The van der Waals surface area contributed by atoms with Crippen LogP contribution in [0.4, 0.5) is 9.59 Å². The first-order chi connectivity index (χ1) is 71.7. The Morgan fingerprint density at radius 2 is 0.818 bits per heavy atom. The number of nitrogens with two attached hydrogens (primary N) is 1. The van der Waals surface area contributed by atoms with E-state index in [1.807, 2.05) is 60.7 Å². The third-order valence-corrected chi connectivity index (χ3v) is 29.3. The lowest BCUT2D eigenvalue weighted by molar-refractivity contribution is -0.175. The first-order valence-electron chi connectivity index (χ1n) is 50.0. The summed E-state index contributed by atoms with van der Waals surface area (Å²) in [6.45, 7) is 12.0. The molecule has 0 saturated carbocycles. The summed E-state index contributed by atoms with van der Waals surface area (Å²) in [7, 11) is 7.81. The zero-order valence-corrected chi connectivity index (χ0v) is 88.0. The Hall–Kier alpha value is -10.9. The summed E-state index contributed by atoms with van der Waals surface area (Å²) in [5.74, 6) is -8.00. The number of benzene rings is 2. The molecule has 8 heterocycles. The molecule has 10 rings (SSSR count). The fraction of sp³-hybridized carbons (Fsp3) is 0.594. The highest BCUT2D eigenvalue weighted by atomic mass is 33.1. The number of hydrogen-bond acceptors (Lipinski definition) is 37. The number of primary amides is 1. The number of pyridine rings is 4. The zero-order chi connectivity index (χ0) is 106. The van der Waals surface area contributed by atoms with Crippen molar-refractivity contribution in [3.63, 3.8) is 0 Å².